The Bertz CT molecular complexity index is 735. The van der Waals surface area contributed by atoms with Gasteiger partial charge in [0.2, 0.25) is 0 Å². The van der Waals surface area contributed by atoms with Gasteiger partial charge in [0.15, 0.2) is 5.75 Å². The maximum atomic E-state index is 11.5. The second kappa shape index (κ2) is 5.31. The van der Waals surface area contributed by atoms with Crippen LogP contribution in [0.1, 0.15) is 15.9 Å². The fourth-order valence-corrected chi connectivity index (χ4v) is 2.27. The van der Waals surface area contributed by atoms with Crippen LogP contribution in [0.3, 0.4) is 0 Å². The Kier molecular flexibility index (Phi) is 3.35. The molecule has 0 unspecified atom stereocenters. The van der Waals surface area contributed by atoms with Crippen molar-refractivity contribution in [3.63, 3.8) is 0 Å². The van der Waals surface area contributed by atoms with Gasteiger partial charge in [-0.15, -0.1) is 0 Å². The van der Waals surface area contributed by atoms with E-state index in [4.69, 9.17) is 16.4 Å². The monoisotopic (exact) mass is 283 g/mol. The molecule has 0 bridgehead atoms. The minimum atomic E-state index is -0.467. The third-order valence-electron chi connectivity index (χ3n) is 3.03. The molecule has 98 valence electrons. The number of benzene rings is 2. The predicted octanol–water partition coefficient (Wildman–Crippen LogP) is 4.12. The standard InChI is InChI=1S/C16H10ClNO2/c17-16(19)14-6-2-1-5-13(14)11-7-8-15-12(10-11)4-3-9-18-20-15/h1-10H. The largest absolute Gasteiger partial charge is 0.356 e. The van der Waals surface area contributed by atoms with Crippen LogP contribution in [0.2, 0.25) is 0 Å². The van der Waals surface area contributed by atoms with E-state index in [9.17, 15) is 4.79 Å². The number of fused-ring (bicyclic) bond motifs is 1. The van der Waals surface area contributed by atoms with Gasteiger partial charge in [0.1, 0.15) is 0 Å². The zero-order valence-electron chi connectivity index (χ0n) is 10.4. The van der Waals surface area contributed by atoms with Crippen LogP contribution in [-0.4, -0.2) is 11.5 Å². The van der Waals surface area contributed by atoms with Gasteiger partial charge in [-0.2, -0.15) is 0 Å². The zero-order valence-corrected chi connectivity index (χ0v) is 11.2. The first-order chi connectivity index (χ1) is 9.75. The van der Waals surface area contributed by atoms with Crippen molar-refractivity contribution in [3.05, 3.63) is 59.7 Å². The highest BCUT2D eigenvalue weighted by atomic mass is 35.5. The Morgan fingerprint density at radius 1 is 1.15 bits per heavy atom. The first-order valence-electron chi connectivity index (χ1n) is 6.06. The average Bonchev–Trinajstić information content (AvgIpc) is 2.71. The molecule has 0 fully saturated rings. The molecular weight excluding hydrogens is 274 g/mol. The predicted molar refractivity (Wildman–Crippen MR) is 80.2 cm³/mol. The topological polar surface area (TPSA) is 38.7 Å². The van der Waals surface area contributed by atoms with Gasteiger partial charge in [0.05, 0.1) is 6.21 Å². The minimum Gasteiger partial charge on any atom is -0.356 e. The molecule has 0 saturated heterocycles. The van der Waals surface area contributed by atoms with Crippen LogP contribution in [0.15, 0.2) is 53.7 Å². The molecule has 3 nitrogen and oxygen atoms in total. The molecule has 20 heavy (non-hydrogen) atoms. The van der Waals surface area contributed by atoms with E-state index in [1.807, 2.05) is 36.4 Å². The highest BCUT2D eigenvalue weighted by Crippen LogP contribution is 2.31. The highest BCUT2D eigenvalue weighted by Gasteiger charge is 2.12. The molecule has 1 aliphatic rings. The molecule has 2 aromatic carbocycles. The van der Waals surface area contributed by atoms with Crippen LogP contribution in [0, 0.1) is 0 Å². The number of hydrogen-bond acceptors (Lipinski definition) is 3. The van der Waals surface area contributed by atoms with Crippen LogP contribution in [-0.2, 0) is 0 Å². The molecule has 0 atom stereocenters. The number of nitrogens with zero attached hydrogens (tertiary/aromatic N) is 1. The Morgan fingerprint density at radius 3 is 2.85 bits per heavy atom. The first-order valence-corrected chi connectivity index (χ1v) is 6.44. The maximum absolute atomic E-state index is 11.5. The van der Waals surface area contributed by atoms with Crippen molar-refractivity contribution in [1.29, 1.82) is 0 Å². The smallest absolute Gasteiger partial charge is 0.253 e. The molecule has 1 aliphatic heterocycles. The molecule has 0 aromatic heterocycles. The van der Waals surface area contributed by atoms with Gasteiger partial charge in [-0.05, 0) is 53.1 Å². The van der Waals surface area contributed by atoms with Gasteiger partial charge in [-0.25, -0.2) is 0 Å². The van der Waals surface area contributed by atoms with Gasteiger partial charge >= 0.3 is 0 Å². The Hall–Kier alpha value is -2.39. The van der Waals surface area contributed by atoms with Crippen LogP contribution in [0.25, 0.3) is 17.2 Å². The highest BCUT2D eigenvalue weighted by molar-refractivity contribution is 6.68. The Balaban J connectivity index is 2.13. The lowest BCUT2D eigenvalue weighted by molar-refractivity contribution is 0.108. The summed E-state index contributed by atoms with van der Waals surface area (Å²) in [5, 5.41) is 3.31. The summed E-state index contributed by atoms with van der Waals surface area (Å²) >= 11 is 5.63. The third kappa shape index (κ3) is 2.36. The third-order valence-corrected chi connectivity index (χ3v) is 3.24. The van der Waals surface area contributed by atoms with Gasteiger partial charge < -0.3 is 4.84 Å². The summed E-state index contributed by atoms with van der Waals surface area (Å²) in [5.74, 6) is 0.674. The Morgan fingerprint density at radius 2 is 2.00 bits per heavy atom. The van der Waals surface area contributed by atoms with Crippen LogP contribution >= 0.6 is 11.6 Å². The zero-order chi connectivity index (χ0) is 13.9. The minimum absolute atomic E-state index is 0.467. The molecule has 0 radical (unpaired) electrons. The molecular formula is C16H10ClNO2. The van der Waals surface area contributed by atoms with E-state index in [0.717, 1.165) is 16.7 Å². The van der Waals surface area contributed by atoms with Crippen molar-refractivity contribution >= 4 is 29.1 Å². The van der Waals surface area contributed by atoms with E-state index >= 15 is 0 Å². The lowest BCUT2D eigenvalue weighted by Gasteiger charge is -2.09. The summed E-state index contributed by atoms with van der Waals surface area (Å²) in [6.07, 6.45) is 5.28. The van der Waals surface area contributed by atoms with E-state index < -0.39 is 5.24 Å². The van der Waals surface area contributed by atoms with Gasteiger partial charge in [0, 0.05) is 11.1 Å². The van der Waals surface area contributed by atoms with Crippen molar-refractivity contribution in [2.24, 2.45) is 5.16 Å². The summed E-state index contributed by atoms with van der Waals surface area (Å²) in [4.78, 5) is 16.7. The van der Waals surface area contributed by atoms with Crippen molar-refractivity contribution in [2.75, 3.05) is 0 Å². The van der Waals surface area contributed by atoms with Crippen molar-refractivity contribution in [2.45, 2.75) is 0 Å². The number of hydrogen-bond donors (Lipinski definition) is 0. The van der Waals surface area contributed by atoms with Crippen molar-refractivity contribution in [1.82, 2.24) is 0 Å². The van der Waals surface area contributed by atoms with Crippen LogP contribution in [0.4, 0.5) is 0 Å². The van der Waals surface area contributed by atoms with Crippen molar-refractivity contribution in [3.8, 4) is 16.9 Å². The van der Waals surface area contributed by atoms with Gasteiger partial charge in [-0.1, -0.05) is 29.4 Å². The fraction of sp³-hybridized carbons (Fsp3) is 0. The molecule has 0 N–H and O–H groups in total. The lowest BCUT2D eigenvalue weighted by Crippen LogP contribution is -1.94. The summed E-state index contributed by atoms with van der Waals surface area (Å²) in [5.41, 5.74) is 3.10. The number of oxime groups is 1. The maximum Gasteiger partial charge on any atom is 0.253 e. The number of allylic oxidation sites excluding steroid dienone is 1. The molecule has 2 aromatic rings. The van der Waals surface area contributed by atoms with E-state index in [1.54, 1.807) is 24.4 Å². The number of carbonyl (C=O) groups is 1. The lowest BCUT2D eigenvalue weighted by atomic mass is 9.98. The Labute approximate surface area is 121 Å². The second-order valence-electron chi connectivity index (χ2n) is 4.28. The summed E-state index contributed by atoms with van der Waals surface area (Å²) < 4.78 is 0. The van der Waals surface area contributed by atoms with E-state index in [2.05, 4.69) is 5.16 Å². The first kappa shape index (κ1) is 12.6. The second-order valence-corrected chi connectivity index (χ2v) is 4.62. The SMILES string of the molecule is O=C(Cl)c1ccccc1-c1ccc2c(c1)C=CC=NO2. The number of carbonyl (C=O) groups excluding carboxylic acids is 1. The number of rotatable bonds is 2. The van der Waals surface area contributed by atoms with E-state index in [1.165, 1.54) is 0 Å². The molecule has 4 heteroatoms. The normalized spacial score (nSPS) is 12.4. The van der Waals surface area contributed by atoms with Crippen LogP contribution < -0.4 is 4.84 Å². The molecule has 0 aliphatic carbocycles. The molecule has 1 heterocycles. The summed E-state index contributed by atoms with van der Waals surface area (Å²) in [7, 11) is 0. The fourth-order valence-electron chi connectivity index (χ4n) is 2.10. The average molecular weight is 284 g/mol. The number of halogens is 1. The van der Waals surface area contributed by atoms with E-state index in [0.29, 0.717) is 11.3 Å². The summed E-state index contributed by atoms with van der Waals surface area (Å²) in [6.45, 7) is 0. The van der Waals surface area contributed by atoms with Crippen LogP contribution in [0.5, 0.6) is 5.75 Å². The quantitative estimate of drug-likeness (QED) is 0.778. The van der Waals surface area contributed by atoms with Gasteiger partial charge in [-0.3, -0.25) is 4.79 Å². The molecule has 0 saturated carbocycles. The van der Waals surface area contributed by atoms with Gasteiger partial charge in [0.25, 0.3) is 5.24 Å². The van der Waals surface area contributed by atoms with Crippen molar-refractivity contribution < 1.29 is 9.63 Å². The molecule has 0 amide bonds. The molecule has 3 rings (SSSR count). The van der Waals surface area contributed by atoms with E-state index in [-0.39, 0.29) is 0 Å². The molecule has 0 spiro atoms. The summed E-state index contributed by atoms with van der Waals surface area (Å²) in [6, 6.07) is 12.9.